The molecule has 9 nitrogen and oxygen atoms in total. The quantitative estimate of drug-likeness (QED) is 0.258. The number of fused-ring (bicyclic) bond motifs is 1. The first-order chi connectivity index (χ1) is 18.8. The van der Waals surface area contributed by atoms with Gasteiger partial charge in [0.25, 0.3) is 5.91 Å². The number of rotatable bonds is 8. The van der Waals surface area contributed by atoms with Gasteiger partial charge in [0, 0.05) is 17.5 Å². The minimum atomic E-state index is -2.81. The molecular formula is C28H23N4O5S2-. The molecule has 0 saturated carbocycles. The SMILES string of the molecule is CCc1nc2c(C)cc(C(=O)O)nc2n1Cc1ccc(-c2ccsc2N(C(=O)c2ccccc2)S(=O)[O-])cc1. The summed E-state index contributed by atoms with van der Waals surface area (Å²) in [6.07, 6.45) is 0.645. The van der Waals surface area contributed by atoms with Gasteiger partial charge in [-0.05, 0) is 53.3 Å². The highest BCUT2D eigenvalue weighted by atomic mass is 32.2. The van der Waals surface area contributed by atoms with Gasteiger partial charge in [0.1, 0.15) is 16.3 Å². The van der Waals surface area contributed by atoms with Crippen LogP contribution in [-0.2, 0) is 24.2 Å². The summed E-state index contributed by atoms with van der Waals surface area (Å²) in [5, 5.41) is 11.5. The first-order valence-corrected chi connectivity index (χ1v) is 13.9. The third kappa shape index (κ3) is 5.11. The van der Waals surface area contributed by atoms with Crippen molar-refractivity contribution >= 4 is 50.6 Å². The fourth-order valence-electron chi connectivity index (χ4n) is 4.41. The van der Waals surface area contributed by atoms with Gasteiger partial charge in [0.15, 0.2) is 11.3 Å². The van der Waals surface area contributed by atoms with Crippen molar-refractivity contribution in [2.24, 2.45) is 0 Å². The first kappa shape index (κ1) is 26.4. The summed E-state index contributed by atoms with van der Waals surface area (Å²) in [5.41, 5.74) is 4.46. The molecule has 0 aliphatic rings. The summed E-state index contributed by atoms with van der Waals surface area (Å²) in [5.74, 6) is -0.937. The molecule has 198 valence electrons. The van der Waals surface area contributed by atoms with Gasteiger partial charge in [-0.25, -0.2) is 19.1 Å². The van der Waals surface area contributed by atoms with Gasteiger partial charge in [-0.2, -0.15) is 0 Å². The van der Waals surface area contributed by atoms with Gasteiger partial charge >= 0.3 is 5.97 Å². The van der Waals surface area contributed by atoms with E-state index in [-0.39, 0.29) is 11.3 Å². The van der Waals surface area contributed by atoms with Gasteiger partial charge < -0.3 is 14.2 Å². The lowest BCUT2D eigenvalue weighted by Gasteiger charge is -2.24. The van der Waals surface area contributed by atoms with E-state index >= 15 is 0 Å². The third-order valence-corrected chi connectivity index (χ3v) is 7.96. The van der Waals surface area contributed by atoms with Crippen LogP contribution in [0.15, 0.2) is 72.1 Å². The van der Waals surface area contributed by atoms with Gasteiger partial charge in [-0.3, -0.25) is 9.00 Å². The van der Waals surface area contributed by atoms with Gasteiger partial charge in [0.2, 0.25) is 0 Å². The maximum absolute atomic E-state index is 13.0. The molecule has 5 aromatic rings. The number of aromatic nitrogens is 3. The van der Waals surface area contributed by atoms with Crippen LogP contribution >= 0.6 is 11.3 Å². The Morgan fingerprint density at radius 2 is 1.79 bits per heavy atom. The number of carboxylic acids is 1. The largest absolute Gasteiger partial charge is 0.755 e. The van der Waals surface area contributed by atoms with E-state index in [2.05, 4.69) is 9.97 Å². The number of nitrogens with zero attached hydrogens (tertiary/aromatic N) is 4. The number of carbonyl (C=O) groups is 2. The van der Waals surface area contributed by atoms with Gasteiger partial charge in [-0.15, -0.1) is 11.3 Å². The van der Waals surface area contributed by atoms with Crippen molar-refractivity contribution in [3.8, 4) is 11.1 Å². The highest BCUT2D eigenvalue weighted by Crippen LogP contribution is 2.37. The van der Waals surface area contributed by atoms with Crippen LogP contribution in [0.4, 0.5) is 5.00 Å². The number of carboxylic acid groups (broad SMARTS) is 1. The van der Waals surface area contributed by atoms with E-state index in [0.717, 1.165) is 26.8 Å². The zero-order valence-corrected chi connectivity index (χ0v) is 22.7. The van der Waals surface area contributed by atoms with Crippen molar-refractivity contribution in [2.75, 3.05) is 4.31 Å². The van der Waals surface area contributed by atoms with Crippen molar-refractivity contribution in [1.82, 2.24) is 14.5 Å². The Labute approximate surface area is 230 Å². The standard InChI is InChI=1S/C28H24N4O5S2/c1-3-23-30-24-17(2)15-22(28(34)35)29-25(24)31(23)16-18-9-11-19(12-10-18)21-13-14-38-27(21)32(39(36)37)26(33)20-7-5-4-6-8-20/h4-15H,3,16H2,1-2H3,(H,34,35)(H,36,37)/p-1. The molecule has 1 N–H and O–H groups in total. The van der Waals surface area contributed by atoms with E-state index in [1.165, 1.54) is 17.4 Å². The molecule has 11 heteroatoms. The van der Waals surface area contributed by atoms with Gasteiger partial charge in [-0.1, -0.05) is 49.4 Å². The van der Waals surface area contributed by atoms with Crippen LogP contribution in [0.2, 0.25) is 0 Å². The molecule has 2 aromatic carbocycles. The second-order valence-corrected chi connectivity index (χ2v) is 10.5. The van der Waals surface area contributed by atoms with Crippen LogP contribution < -0.4 is 4.31 Å². The van der Waals surface area contributed by atoms with Gasteiger partial charge in [0.05, 0.1) is 17.8 Å². The number of carbonyl (C=O) groups excluding carboxylic acids is 1. The molecule has 39 heavy (non-hydrogen) atoms. The Morgan fingerprint density at radius 1 is 1.08 bits per heavy atom. The third-order valence-electron chi connectivity index (χ3n) is 6.30. The van der Waals surface area contributed by atoms with Crippen molar-refractivity contribution in [3.63, 3.8) is 0 Å². The zero-order chi connectivity index (χ0) is 27.7. The minimum absolute atomic E-state index is 0.0329. The number of hydrogen-bond acceptors (Lipinski definition) is 7. The van der Waals surface area contributed by atoms with Crippen molar-refractivity contribution in [2.45, 2.75) is 26.8 Å². The highest BCUT2D eigenvalue weighted by molar-refractivity contribution is 7.81. The molecule has 1 amide bonds. The predicted molar refractivity (Wildman–Crippen MR) is 150 cm³/mol. The Balaban J connectivity index is 1.48. The molecule has 5 rings (SSSR count). The maximum atomic E-state index is 13.0. The van der Waals surface area contributed by atoms with Crippen LogP contribution in [0.25, 0.3) is 22.3 Å². The monoisotopic (exact) mass is 559 g/mol. The summed E-state index contributed by atoms with van der Waals surface area (Å²) in [6.45, 7) is 4.23. The fraction of sp³-hybridized carbons (Fsp3) is 0.143. The molecule has 0 aliphatic heterocycles. The minimum Gasteiger partial charge on any atom is -0.755 e. The fourth-order valence-corrected chi connectivity index (χ4v) is 6.02. The van der Waals surface area contributed by atoms with E-state index in [9.17, 15) is 23.5 Å². The Kier molecular flexibility index (Phi) is 7.38. The molecule has 3 heterocycles. The number of anilines is 1. The second kappa shape index (κ2) is 10.9. The van der Waals surface area contributed by atoms with Crippen LogP contribution in [-0.4, -0.2) is 40.3 Å². The Hall–Kier alpha value is -4.19. The molecule has 0 aliphatic carbocycles. The molecule has 0 fully saturated rings. The number of pyridine rings is 1. The lowest BCUT2D eigenvalue weighted by molar-refractivity contribution is 0.0690. The van der Waals surface area contributed by atoms with E-state index < -0.39 is 23.1 Å². The summed E-state index contributed by atoms with van der Waals surface area (Å²) >= 11 is -1.65. The topological polar surface area (TPSA) is 128 Å². The lowest BCUT2D eigenvalue weighted by atomic mass is 10.1. The molecule has 1 unspecified atom stereocenters. The molecular weight excluding hydrogens is 536 g/mol. The van der Waals surface area contributed by atoms with Crippen LogP contribution in [0.5, 0.6) is 0 Å². The van der Waals surface area contributed by atoms with Crippen LogP contribution in [0, 0.1) is 6.92 Å². The predicted octanol–water partition coefficient (Wildman–Crippen LogP) is 5.22. The summed E-state index contributed by atoms with van der Waals surface area (Å²) in [6, 6.07) is 19.1. The second-order valence-electron chi connectivity index (χ2n) is 8.79. The average molecular weight is 560 g/mol. The smallest absolute Gasteiger partial charge is 0.354 e. The molecule has 3 aromatic heterocycles. The molecule has 0 spiro atoms. The Bertz CT molecular complexity index is 1710. The van der Waals surface area contributed by atoms with E-state index in [1.807, 2.05) is 42.7 Å². The molecule has 0 bridgehead atoms. The van der Waals surface area contributed by atoms with Crippen LogP contribution in [0.1, 0.15) is 44.7 Å². The number of thiophene rings is 1. The summed E-state index contributed by atoms with van der Waals surface area (Å²) in [7, 11) is 0. The van der Waals surface area contributed by atoms with Crippen LogP contribution in [0.3, 0.4) is 0 Å². The Morgan fingerprint density at radius 3 is 2.44 bits per heavy atom. The molecule has 0 saturated heterocycles. The lowest BCUT2D eigenvalue weighted by Crippen LogP contribution is -2.32. The average Bonchev–Trinajstić information content (AvgIpc) is 3.55. The number of aromatic carboxylic acids is 1. The number of imidazole rings is 1. The van der Waals surface area contributed by atoms with E-state index in [4.69, 9.17) is 0 Å². The normalized spacial score (nSPS) is 12.0. The molecule has 1 atom stereocenters. The van der Waals surface area contributed by atoms with Crippen molar-refractivity contribution in [1.29, 1.82) is 0 Å². The molecule has 0 radical (unpaired) electrons. The number of hydrogen-bond donors (Lipinski definition) is 1. The highest BCUT2D eigenvalue weighted by Gasteiger charge is 2.23. The number of aryl methyl sites for hydroxylation is 2. The number of benzene rings is 2. The van der Waals surface area contributed by atoms with Crippen molar-refractivity contribution < 1.29 is 23.5 Å². The summed E-state index contributed by atoms with van der Waals surface area (Å²) < 4.78 is 27.0. The van der Waals surface area contributed by atoms with E-state index in [1.54, 1.807) is 41.8 Å². The van der Waals surface area contributed by atoms with Crippen molar-refractivity contribution in [3.05, 3.63) is 100 Å². The first-order valence-electron chi connectivity index (χ1n) is 12.0. The number of amides is 1. The maximum Gasteiger partial charge on any atom is 0.354 e. The summed E-state index contributed by atoms with van der Waals surface area (Å²) in [4.78, 5) is 33.7. The zero-order valence-electron chi connectivity index (χ0n) is 21.0. The van der Waals surface area contributed by atoms with E-state index in [0.29, 0.717) is 34.7 Å².